The van der Waals surface area contributed by atoms with E-state index in [1.807, 2.05) is 0 Å². The van der Waals surface area contributed by atoms with Crippen molar-refractivity contribution < 1.29 is 9.47 Å². The lowest BCUT2D eigenvalue weighted by Gasteiger charge is -2.48. The second-order valence-electron chi connectivity index (χ2n) is 6.91. The number of likely N-dealkylation sites (tertiary alicyclic amines) is 1. The minimum atomic E-state index is 0.114. The molecule has 0 radical (unpaired) electrons. The summed E-state index contributed by atoms with van der Waals surface area (Å²) in [4.78, 5) is 2.71. The van der Waals surface area contributed by atoms with Crippen LogP contribution in [0.15, 0.2) is 0 Å². The molecule has 4 heteroatoms. The fourth-order valence-electron chi connectivity index (χ4n) is 4.25. The Morgan fingerprint density at radius 1 is 1.20 bits per heavy atom. The fraction of sp³-hybridized carbons (Fsp3) is 1.00. The average Bonchev–Trinajstić information content (AvgIpc) is 2.48. The molecule has 3 rings (SSSR count). The van der Waals surface area contributed by atoms with E-state index in [4.69, 9.17) is 15.2 Å². The lowest BCUT2D eigenvalue weighted by atomic mass is 9.82. The Morgan fingerprint density at radius 3 is 2.75 bits per heavy atom. The summed E-state index contributed by atoms with van der Waals surface area (Å²) in [5.41, 5.74) is 6.36. The molecule has 0 aliphatic carbocycles. The monoisotopic (exact) mass is 282 g/mol. The van der Waals surface area contributed by atoms with Gasteiger partial charge in [-0.3, -0.25) is 4.90 Å². The SMILES string of the molecule is CCC1CN(C2CCOC3(CCOCC3)C2)CCC1N. The zero-order chi connectivity index (χ0) is 14.0. The Balaban J connectivity index is 1.61. The second kappa shape index (κ2) is 6.30. The van der Waals surface area contributed by atoms with Crippen molar-refractivity contribution in [3.8, 4) is 0 Å². The lowest BCUT2D eigenvalue weighted by Crippen LogP contribution is -2.55. The first kappa shape index (κ1) is 14.8. The summed E-state index contributed by atoms with van der Waals surface area (Å²) >= 11 is 0. The molecule has 1 spiro atoms. The molecule has 0 aromatic carbocycles. The van der Waals surface area contributed by atoms with Crippen LogP contribution in [0.1, 0.15) is 45.4 Å². The summed E-state index contributed by atoms with van der Waals surface area (Å²) in [5, 5.41) is 0. The van der Waals surface area contributed by atoms with Gasteiger partial charge in [0.05, 0.1) is 5.60 Å². The molecule has 0 aromatic rings. The van der Waals surface area contributed by atoms with Gasteiger partial charge in [-0.15, -0.1) is 0 Å². The maximum absolute atomic E-state index is 6.25. The number of piperidine rings is 1. The second-order valence-corrected chi connectivity index (χ2v) is 6.91. The molecule has 3 atom stereocenters. The van der Waals surface area contributed by atoms with Gasteiger partial charge in [-0.25, -0.2) is 0 Å². The third-order valence-electron chi connectivity index (χ3n) is 5.74. The average molecular weight is 282 g/mol. The van der Waals surface area contributed by atoms with Gasteiger partial charge in [0.2, 0.25) is 0 Å². The topological polar surface area (TPSA) is 47.7 Å². The Hall–Kier alpha value is -0.160. The van der Waals surface area contributed by atoms with E-state index in [1.165, 1.54) is 32.4 Å². The van der Waals surface area contributed by atoms with E-state index < -0.39 is 0 Å². The number of rotatable bonds is 2. The van der Waals surface area contributed by atoms with Crippen molar-refractivity contribution in [3.05, 3.63) is 0 Å². The molecular formula is C16H30N2O2. The molecule has 3 fully saturated rings. The Kier molecular flexibility index (Phi) is 4.65. The molecule has 3 heterocycles. The first-order valence-electron chi connectivity index (χ1n) is 8.44. The highest BCUT2D eigenvalue weighted by atomic mass is 16.5. The van der Waals surface area contributed by atoms with Crippen molar-refractivity contribution in [3.63, 3.8) is 0 Å². The van der Waals surface area contributed by atoms with E-state index >= 15 is 0 Å². The number of ether oxygens (including phenoxy) is 2. The minimum Gasteiger partial charge on any atom is -0.381 e. The number of nitrogens with zero attached hydrogens (tertiary/aromatic N) is 1. The van der Waals surface area contributed by atoms with E-state index in [9.17, 15) is 0 Å². The molecule has 0 bridgehead atoms. The molecule has 0 saturated carbocycles. The summed E-state index contributed by atoms with van der Waals surface area (Å²) < 4.78 is 11.7. The third-order valence-corrected chi connectivity index (χ3v) is 5.74. The van der Waals surface area contributed by atoms with Crippen LogP contribution in [0, 0.1) is 5.92 Å². The highest BCUT2D eigenvalue weighted by molar-refractivity contribution is 4.94. The van der Waals surface area contributed by atoms with Crippen LogP contribution in [0.5, 0.6) is 0 Å². The molecule has 0 aromatic heterocycles. The molecule has 3 aliphatic rings. The standard InChI is InChI=1S/C16H30N2O2/c1-2-13-12-18(7-3-15(13)17)14-4-8-20-16(11-14)5-9-19-10-6-16/h13-15H,2-12,17H2,1H3. The Morgan fingerprint density at radius 2 is 2.00 bits per heavy atom. The molecule has 2 N–H and O–H groups in total. The van der Waals surface area contributed by atoms with Gasteiger partial charge in [0.15, 0.2) is 0 Å². The molecule has 0 amide bonds. The van der Waals surface area contributed by atoms with Crippen molar-refractivity contribution in [1.29, 1.82) is 0 Å². The predicted molar refractivity (Wildman–Crippen MR) is 79.7 cm³/mol. The normalized spacial score (nSPS) is 39.0. The van der Waals surface area contributed by atoms with Gasteiger partial charge in [0.25, 0.3) is 0 Å². The van der Waals surface area contributed by atoms with Gasteiger partial charge in [-0.2, -0.15) is 0 Å². The zero-order valence-electron chi connectivity index (χ0n) is 12.9. The van der Waals surface area contributed by atoms with Crippen LogP contribution in [0.4, 0.5) is 0 Å². The van der Waals surface area contributed by atoms with E-state index in [1.54, 1.807) is 0 Å². The van der Waals surface area contributed by atoms with Gasteiger partial charge >= 0.3 is 0 Å². The van der Waals surface area contributed by atoms with Gasteiger partial charge in [0, 0.05) is 38.4 Å². The number of hydrogen-bond acceptors (Lipinski definition) is 4. The fourth-order valence-corrected chi connectivity index (χ4v) is 4.25. The zero-order valence-corrected chi connectivity index (χ0v) is 12.9. The highest BCUT2D eigenvalue weighted by Crippen LogP contribution is 2.37. The van der Waals surface area contributed by atoms with Gasteiger partial charge < -0.3 is 15.2 Å². The molecule has 116 valence electrons. The molecule has 4 nitrogen and oxygen atoms in total. The van der Waals surface area contributed by atoms with E-state index in [-0.39, 0.29) is 5.60 Å². The van der Waals surface area contributed by atoms with E-state index in [2.05, 4.69) is 11.8 Å². The Bertz CT molecular complexity index is 312. The van der Waals surface area contributed by atoms with Crippen LogP contribution in [0.2, 0.25) is 0 Å². The van der Waals surface area contributed by atoms with Crippen LogP contribution in [0.25, 0.3) is 0 Å². The van der Waals surface area contributed by atoms with Gasteiger partial charge in [-0.05, 0) is 44.6 Å². The van der Waals surface area contributed by atoms with E-state index in [0.29, 0.717) is 18.0 Å². The maximum atomic E-state index is 6.25. The molecule has 3 aliphatic heterocycles. The summed E-state index contributed by atoms with van der Waals surface area (Å²) in [6.07, 6.45) is 6.91. The molecule has 3 saturated heterocycles. The largest absolute Gasteiger partial charge is 0.381 e. The van der Waals surface area contributed by atoms with Crippen molar-refractivity contribution in [2.24, 2.45) is 11.7 Å². The molecule has 20 heavy (non-hydrogen) atoms. The molecule has 3 unspecified atom stereocenters. The van der Waals surface area contributed by atoms with Crippen molar-refractivity contribution in [2.45, 2.75) is 63.1 Å². The summed E-state index contributed by atoms with van der Waals surface area (Å²) in [7, 11) is 0. The van der Waals surface area contributed by atoms with Crippen LogP contribution >= 0.6 is 0 Å². The lowest BCUT2D eigenvalue weighted by molar-refractivity contribution is -0.153. The summed E-state index contributed by atoms with van der Waals surface area (Å²) in [6, 6.07) is 1.11. The molecular weight excluding hydrogens is 252 g/mol. The van der Waals surface area contributed by atoms with Crippen LogP contribution in [0.3, 0.4) is 0 Å². The van der Waals surface area contributed by atoms with Crippen LogP contribution in [-0.2, 0) is 9.47 Å². The highest BCUT2D eigenvalue weighted by Gasteiger charge is 2.41. The van der Waals surface area contributed by atoms with Crippen molar-refractivity contribution >= 4 is 0 Å². The van der Waals surface area contributed by atoms with Crippen LogP contribution in [-0.4, -0.2) is 55.5 Å². The van der Waals surface area contributed by atoms with Gasteiger partial charge in [0.1, 0.15) is 0 Å². The van der Waals surface area contributed by atoms with E-state index in [0.717, 1.165) is 39.1 Å². The summed E-state index contributed by atoms with van der Waals surface area (Å²) in [6.45, 7) is 7.30. The maximum Gasteiger partial charge on any atom is 0.0741 e. The smallest absolute Gasteiger partial charge is 0.0741 e. The Labute approximate surface area is 123 Å². The van der Waals surface area contributed by atoms with Crippen LogP contribution < -0.4 is 5.73 Å². The van der Waals surface area contributed by atoms with Crippen molar-refractivity contribution in [2.75, 3.05) is 32.9 Å². The predicted octanol–water partition coefficient (Wildman–Crippen LogP) is 1.77. The number of hydrogen-bond donors (Lipinski definition) is 1. The van der Waals surface area contributed by atoms with Gasteiger partial charge in [-0.1, -0.05) is 13.3 Å². The van der Waals surface area contributed by atoms with Crippen molar-refractivity contribution in [1.82, 2.24) is 4.90 Å². The summed E-state index contributed by atoms with van der Waals surface area (Å²) in [5.74, 6) is 0.678. The quantitative estimate of drug-likeness (QED) is 0.838. The third kappa shape index (κ3) is 3.03. The minimum absolute atomic E-state index is 0.114. The first-order chi connectivity index (χ1) is 9.72. The number of nitrogens with two attached hydrogens (primary N) is 1. The first-order valence-corrected chi connectivity index (χ1v) is 8.44.